The van der Waals surface area contributed by atoms with Gasteiger partial charge in [-0.2, -0.15) is 0 Å². The van der Waals surface area contributed by atoms with Gasteiger partial charge in [0.2, 0.25) is 0 Å². The molecule has 7 heteroatoms. The van der Waals surface area contributed by atoms with Crippen molar-refractivity contribution >= 4 is 23.2 Å². The van der Waals surface area contributed by atoms with Gasteiger partial charge >= 0.3 is 11.8 Å². The molecule has 1 atom stereocenters. The van der Waals surface area contributed by atoms with Crippen LogP contribution in [0.25, 0.3) is 0 Å². The molecule has 0 saturated heterocycles. The third-order valence-corrected chi connectivity index (χ3v) is 5.15. The van der Waals surface area contributed by atoms with Gasteiger partial charge in [0.05, 0.1) is 12.6 Å². The molecule has 0 aromatic heterocycles. The Morgan fingerprint density at radius 1 is 1.07 bits per heavy atom. The number of aliphatic hydroxyl groups is 1. The van der Waals surface area contributed by atoms with Crippen LogP contribution in [0.2, 0.25) is 0 Å². The molecule has 3 rings (SSSR count). The SMILES string of the molecule is CN(C)c1ccc(C(CNC(=O)C(=O)NCCO)N2CCc3ccccc32)cc1. The third kappa shape index (κ3) is 4.86. The molecule has 0 spiro atoms. The van der Waals surface area contributed by atoms with Crippen molar-refractivity contribution in [3.05, 3.63) is 59.7 Å². The number of carbonyl (C=O) groups is 2. The predicted octanol–water partition coefficient (Wildman–Crippen LogP) is 1.08. The summed E-state index contributed by atoms with van der Waals surface area (Å²) < 4.78 is 0. The molecule has 1 aliphatic heterocycles. The van der Waals surface area contributed by atoms with Crippen LogP contribution < -0.4 is 20.4 Å². The molecule has 1 heterocycles. The van der Waals surface area contributed by atoms with Crippen molar-refractivity contribution in [2.75, 3.05) is 50.1 Å². The smallest absolute Gasteiger partial charge is 0.309 e. The van der Waals surface area contributed by atoms with Gasteiger partial charge in [-0.3, -0.25) is 9.59 Å². The van der Waals surface area contributed by atoms with E-state index in [1.165, 1.54) is 5.56 Å². The lowest BCUT2D eigenvalue weighted by atomic mass is 10.0. The fourth-order valence-electron chi connectivity index (χ4n) is 3.61. The summed E-state index contributed by atoms with van der Waals surface area (Å²) in [6.45, 7) is 1.01. The van der Waals surface area contributed by atoms with Gasteiger partial charge < -0.3 is 25.5 Å². The summed E-state index contributed by atoms with van der Waals surface area (Å²) in [7, 11) is 3.99. The van der Waals surface area contributed by atoms with E-state index in [1.54, 1.807) is 0 Å². The van der Waals surface area contributed by atoms with Crippen LogP contribution in [0.15, 0.2) is 48.5 Å². The van der Waals surface area contributed by atoms with Crippen LogP contribution >= 0.6 is 0 Å². The van der Waals surface area contributed by atoms with Crippen molar-refractivity contribution < 1.29 is 14.7 Å². The number of nitrogens with one attached hydrogen (secondary N) is 2. The number of hydrogen-bond acceptors (Lipinski definition) is 5. The molecule has 0 radical (unpaired) electrons. The average molecular weight is 396 g/mol. The van der Waals surface area contributed by atoms with E-state index in [-0.39, 0.29) is 19.2 Å². The van der Waals surface area contributed by atoms with Gasteiger partial charge in [-0.05, 0) is 35.7 Å². The molecule has 2 amide bonds. The van der Waals surface area contributed by atoms with Crippen molar-refractivity contribution in [1.29, 1.82) is 0 Å². The number of nitrogens with zero attached hydrogens (tertiary/aromatic N) is 2. The first-order chi connectivity index (χ1) is 14.0. The quantitative estimate of drug-likeness (QED) is 0.610. The summed E-state index contributed by atoms with van der Waals surface area (Å²) in [6.07, 6.45) is 0.952. The van der Waals surface area contributed by atoms with E-state index in [9.17, 15) is 9.59 Å². The zero-order chi connectivity index (χ0) is 20.8. The highest BCUT2D eigenvalue weighted by molar-refractivity contribution is 6.35. The number of aliphatic hydroxyl groups excluding tert-OH is 1. The van der Waals surface area contributed by atoms with Gasteiger partial charge in [0.15, 0.2) is 0 Å². The standard InChI is InChI=1S/C22H28N4O3/c1-25(2)18-9-7-17(8-10-18)20(15-24-22(29)21(28)23-12-14-27)26-13-11-16-5-3-4-6-19(16)26/h3-10,20,27H,11-15H2,1-2H3,(H,23,28)(H,24,29). The average Bonchev–Trinajstić information content (AvgIpc) is 3.16. The number of fused-ring (bicyclic) bond motifs is 1. The van der Waals surface area contributed by atoms with Gasteiger partial charge in [0.25, 0.3) is 0 Å². The monoisotopic (exact) mass is 396 g/mol. The first kappa shape index (κ1) is 20.7. The van der Waals surface area contributed by atoms with Crippen LogP contribution in [0.5, 0.6) is 0 Å². The maximum absolute atomic E-state index is 12.2. The zero-order valence-corrected chi connectivity index (χ0v) is 16.9. The number of hydrogen-bond donors (Lipinski definition) is 3. The first-order valence-corrected chi connectivity index (χ1v) is 9.80. The molecule has 154 valence electrons. The second-order valence-corrected chi connectivity index (χ2v) is 7.26. The van der Waals surface area contributed by atoms with E-state index in [0.29, 0.717) is 6.54 Å². The largest absolute Gasteiger partial charge is 0.395 e. The zero-order valence-electron chi connectivity index (χ0n) is 16.9. The molecule has 2 aromatic rings. The lowest BCUT2D eigenvalue weighted by Crippen LogP contribution is -2.44. The second-order valence-electron chi connectivity index (χ2n) is 7.26. The van der Waals surface area contributed by atoms with Gasteiger partial charge in [0, 0.05) is 45.1 Å². The van der Waals surface area contributed by atoms with Crippen LogP contribution in [-0.4, -0.2) is 57.3 Å². The van der Waals surface area contributed by atoms with Crippen molar-refractivity contribution in [2.24, 2.45) is 0 Å². The van der Waals surface area contributed by atoms with Crippen molar-refractivity contribution in [3.8, 4) is 0 Å². The van der Waals surface area contributed by atoms with Gasteiger partial charge in [-0.15, -0.1) is 0 Å². The third-order valence-electron chi connectivity index (χ3n) is 5.15. The van der Waals surface area contributed by atoms with Gasteiger partial charge in [-0.1, -0.05) is 30.3 Å². The molecule has 0 saturated carbocycles. The van der Waals surface area contributed by atoms with Crippen molar-refractivity contribution in [3.63, 3.8) is 0 Å². The van der Waals surface area contributed by atoms with E-state index in [1.807, 2.05) is 31.1 Å². The van der Waals surface area contributed by atoms with E-state index < -0.39 is 11.8 Å². The minimum atomic E-state index is -0.734. The number of benzene rings is 2. The first-order valence-electron chi connectivity index (χ1n) is 9.80. The number of anilines is 2. The molecule has 2 aromatic carbocycles. The number of rotatable bonds is 7. The molecule has 1 unspecified atom stereocenters. The van der Waals surface area contributed by atoms with Crippen molar-refractivity contribution in [2.45, 2.75) is 12.5 Å². The highest BCUT2D eigenvalue weighted by Crippen LogP contribution is 2.35. The molecule has 1 aliphatic rings. The molecule has 7 nitrogen and oxygen atoms in total. The van der Waals surface area contributed by atoms with E-state index in [4.69, 9.17) is 5.11 Å². The molecule has 0 bridgehead atoms. The maximum Gasteiger partial charge on any atom is 0.309 e. The van der Waals surface area contributed by atoms with Gasteiger partial charge in [0.1, 0.15) is 0 Å². The summed E-state index contributed by atoms with van der Waals surface area (Å²) in [4.78, 5) is 28.3. The van der Waals surface area contributed by atoms with Crippen LogP contribution in [0, 0.1) is 0 Å². The van der Waals surface area contributed by atoms with E-state index in [0.717, 1.165) is 29.9 Å². The number of amides is 2. The summed E-state index contributed by atoms with van der Waals surface area (Å²) in [6, 6.07) is 16.4. The molecular weight excluding hydrogens is 368 g/mol. The molecule has 0 fully saturated rings. The molecule has 0 aliphatic carbocycles. The lowest BCUT2D eigenvalue weighted by molar-refractivity contribution is -0.139. The second kappa shape index (κ2) is 9.43. The maximum atomic E-state index is 12.2. The Labute approximate surface area is 171 Å². The van der Waals surface area contributed by atoms with E-state index >= 15 is 0 Å². The summed E-state index contributed by atoms with van der Waals surface area (Å²) in [5, 5.41) is 13.9. The Bertz CT molecular complexity index is 851. The van der Waals surface area contributed by atoms with Gasteiger partial charge in [-0.25, -0.2) is 0 Å². The minimum absolute atomic E-state index is 0.0567. The van der Waals surface area contributed by atoms with Crippen LogP contribution in [-0.2, 0) is 16.0 Å². The minimum Gasteiger partial charge on any atom is -0.395 e. The lowest BCUT2D eigenvalue weighted by Gasteiger charge is -2.31. The number of para-hydroxylation sites is 1. The summed E-state index contributed by atoms with van der Waals surface area (Å²) in [5.74, 6) is -1.43. The predicted molar refractivity (Wildman–Crippen MR) is 114 cm³/mol. The Balaban J connectivity index is 1.81. The Hall–Kier alpha value is -3.06. The Kier molecular flexibility index (Phi) is 6.72. The number of carbonyl (C=O) groups excluding carboxylic acids is 2. The topological polar surface area (TPSA) is 84.9 Å². The summed E-state index contributed by atoms with van der Waals surface area (Å²) >= 11 is 0. The van der Waals surface area contributed by atoms with Crippen LogP contribution in [0.1, 0.15) is 17.2 Å². The Morgan fingerprint density at radius 2 is 1.76 bits per heavy atom. The Morgan fingerprint density at radius 3 is 2.45 bits per heavy atom. The fraction of sp³-hybridized carbons (Fsp3) is 0.364. The fourth-order valence-corrected chi connectivity index (χ4v) is 3.61. The molecule has 29 heavy (non-hydrogen) atoms. The summed E-state index contributed by atoms with van der Waals surface area (Å²) in [5.41, 5.74) is 4.62. The molecule has 3 N–H and O–H groups in total. The van der Waals surface area contributed by atoms with E-state index in [2.05, 4.69) is 51.9 Å². The normalized spacial score (nSPS) is 13.6. The highest BCUT2D eigenvalue weighted by Gasteiger charge is 2.28. The molecular formula is C22H28N4O3. The van der Waals surface area contributed by atoms with Crippen molar-refractivity contribution in [1.82, 2.24) is 10.6 Å². The highest BCUT2D eigenvalue weighted by atomic mass is 16.3. The van der Waals surface area contributed by atoms with Crippen LogP contribution in [0.3, 0.4) is 0 Å². The van der Waals surface area contributed by atoms with Crippen LogP contribution in [0.4, 0.5) is 11.4 Å².